The van der Waals surface area contributed by atoms with Gasteiger partial charge in [0.1, 0.15) is 12.4 Å². The van der Waals surface area contributed by atoms with E-state index < -0.39 is 0 Å². The smallest absolute Gasteiger partial charge is 0.138 e. The molecule has 0 aromatic heterocycles. The summed E-state index contributed by atoms with van der Waals surface area (Å²) in [7, 11) is 0. The van der Waals surface area contributed by atoms with Crippen molar-refractivity contribution in [2.45, 2.75) is 6.92 Å². The maximum atomic E-state index is 5.90. The summed E-state index contributed by atoms with van der Waals surface area (Å²) in [5.41, 5.74) is 3.63. The molecule has 1 aromatic carbocycles. The predicted octanol–water partition coefficient (Wildman–Crippen LogP) is 1.49. The fourth-order valence-corrected chi connectivity index (χ4v) is 1.11. The van der Waals surface area contributed by atoms with Gasteiger partial charge in [-0.2, -0.15) is 0 Å². The number of hydrogen-bond acceptors (Lipinski definition) is 3. The van der Waals surface area contributed by atoms with Gasteiger partial charge in [-0.1, -0.05) is 17.7 Å². The van der Waals surface area contributed by atoms with Gasteiger partial charge in [0.15, 0.2) is 0 Å². The Kier molecular flexibility index (Phi) is 4.02. The summed E-state index contributed by atoms with van der Waals surface area (Å²) in [5, 5.41) is 0.627. The van der Waals surface area contributed by atoms with Gasteiger partial charge in [-0.3, -0.25) is 11.3 Å². The van der Waals surface area contributed by atoms with E-state index in [-0.39, 0.29) is 0 Å². The van der Waals surface area contributed by atoms with Crippen molar-refractivity contribution in [2.75, 3.05) is 13.2 Å². The molecule has 0 unspecified atom stereocenters. The third kappa shape index (κ3) is 3.22. The molecule has 0 spiro atoms. The Morgan fingerprint density at radius 1 is 1.54 bits per heavy atom. The number of nitrogens with two attached hydrogens (primary N) is 1. The third-order valence-electron chi connectivity index (χ3n) is 1.59. The molecule has 1 rings (SSSR count). The number of nitrogens with one attached hydrogen (secondary N) is 1. The minimum atomic E-state index is 0.514. The number of rotatable bonds is 4. The van der Waals surface area contributed by atoms with E-state index in [0.717, 1.165) is 5.56 Å². The van der Waals surface area contributed by atoms with Crippen LogP contribution in [0.5, 0.6) is 5.75 Å². The number of halogens is 1. The lowest BCUT2D eigenvalue weighted by Crippen LogP contribution is -2.27. The number of hydrogen-bond donors (Lipinski definition) is 2. The summed E-state index contributed by atoms with van der Waals surface area (Å²) in [6.07, 6.45) is 0. The van der Waals surface area contributed by atoms with Gasteiger partial charge >= 0.3 is 0 Å². The van der Waals surface area contributed by atoms with Gasteiger partial charge in [0.05, 0.1) is 5.02 Å². The van der Waals surface area contributed by atoms with Crippen LogP contribution >= 0.6 is 11.6 Å². The van der Waals surface area contributed by atoms with Gasteiger partial charge in [-0.25, -0.2) is 0 Å². The number of ether oxygens (including phenoxy) is 1. The molecular formula is C9H13ClN2O. The van der Waals surface area contributed by atoms with Crippen molar-refractivity contribution in [3.8, 4) is 5.75 Å². The summed E-state index contributed by atoms with van der Waals surface area (Å²) in [4.78, 5) is 0. The second-order valence-corrected chi connectivity index (χ2v) is 3.14. The zero-order chi connectivity index (χ0) is 9.68. The van der Waals surface area contributed by atoms with Gasteiger partial charge in [0.25, 0.3) is 0 Å². The highest BCUT2D eigenvalue weighted by Crippen LogP contribution is 2.24. The van der Waals surface area contributed by atoms with Gasteiger partial charge in [0.2, 0.25) is 0 Å². The first-order valence-corrected chi connectivity index (χ1v) is 4.44. The molecule has 0 atom stereocenters. The van der Waals surface area contributed by atoms with Crippen LogP contribution in [-0.2, 0) is 0 Å². The SMILES string of the molecule is Cc1ccc(Cl)c(OCCNN)c1. The molecule has 0 bridgehead atoms. The van der Waals surface area contributed by atoms with E-state index in [0.29, 0.717) is 23.9 Å². The standard InChI is InChI=1S/C9H13ClN2O/c1-7-2-3-8(10)9(6-7)13-5-4-12-11/h2-3,6,12H,4-5,11H2,1H3. The second kappa shape index (κ2) is 5.07. The molecule has 4 heteroatoms. The zero-order valence-corrected chi connectivity index (χ0v) is 8.27. The topological polar surface area (TPSA) is 47.3 Å². The molecule has 72 valence electrons. The van der Waals surface area contributed by atoms with E-state index in [2.05, 4.69) is 5.43 Å². The summed E-state index contributed by atoms with van der Waals surface area (Å²) < 4.78 is 5.38. The maximum absolute atomic E-state index is 5.90. The van der Waals surface area contributed by atoms with E-state index in [1.54, 1.807) is 0 Å². The van der Waals surface area contributed by atoms with Crippen LogP contribution in [0.25, 0.3) is 0 Å². The Bertz CT molecular complexity index is 278. The van der Waals surface area contributed by atoms with Crippen molar-refractivity contribution in [3.63, 3.8) is 0 Å². The monoisotopic (exact) mass is 200 g/mol. The largest absolute Gasteiger partial charge is 0.491 e. The lowest BCUT2D eigenvalue weighted by Gasteiger charge is -2.07. The maximum Gasteiger partial charge on any atom is 0.138 e. The van der Waals surface area contributed by atoms with Crippen molar-refractivity contribution >= 4 is 11.6 Å². The van der Waals surface area contributed by atoms with Crippen molar-refractivity contribution in [1.29, 1.82) is 0 Å². The fraction of sp³-hybridized carbons (Fsp3) is 0.333. The second-order valence-electron chi connectivity index (χ2n) is 2.74. The first kappa shape index (κ1) is 10.3. The Morgan fingerprint density at radius 2 is 2.31 bits per heavy atom. The molecule has 0 saturated heterocycles. The van der Waals surface area contributed by atoms with Crippen LogP contribution in [0, 0.1) is 6.92 Å². The molecule has 0 aliphatic heterocycles. The molecule has 0 aliphatic rings. The summed E-state index contributed by atoms with van der Waals surface area (Å²) in [6.45, 7) is 3.11. The van der Waals surface area contributed by atoms with Crippen molar-refractivity contribution < 1.29 is 4.74 Å². The highest BCUT2D eigenvalue weighted by Gasteiger charge is 2.00. The molecule has 0 saturated carbocycles. The van der Waals surface area contributed by atoms with Crippen LogP contribution in [0.3, 0.4) is 0 Å². The van der Waals surface area contributed by atoms with E-state index in [1.807, 2.05) is 25.1 Å². The van der Waals surface area contributed by atoms with Gasteiger partial charge in [0, 0.05) is 6.54 Å². The van der Waals surface area contributed by atoms with Crippen LogP contribution in [0.1, 0.15) is 5.56 Å². The van der Waals surface area contributed by atoms with E-state index in [9.17, 15) is 0 Å². The van der Waals surface area contributed by atoms with Gasteiger partial charge in [-0.15, -0.1) is 0 Å². The highest BCUT2D eigenvalue weighted by molar-refractivity contribution is 6.32. The van der Waals surface area contributed by atoms with Crippen LogP contribution in [-0.4, -0.2) is 13.2 Å². The molecule has 3 N–H and O–H groups in total. The molecule has 0 radical (unpaired) electrons. The van der Waals surface area contributed by atoms with Crippen molar-refractivity contribution in [3.05, 3.63) is 28.8 Å². The Morgan fingerprint density at radius 3 is 3.00 bits per heavy atom. The van der Waals surface area contributed by atoms with Crippen LogP contribution in [0.4, 0.5) is 0 Å². The summed E-state index contributed by atoms with van der Waals surface area (Å²) >= 11 is 5.90. The fourth-order valence-electron chi connectivity index (χ4n) is 0.941. The average molecular weight is 201 g/mol. The Hall–Kier alpha value is -0.770. The van der Waals surface area contributed by atoms with Gasteiger partial charge < -0.3 is 4.74 Å². The van der Waals surface area contributed by atoms with Crippen molar-refractivity contribution in [2.24, 2.45) is 5.84 Å². The summed E-state index contributed by atoms with van der Waals surface area (Å²) in [5.74, 6) is 5.80. The molecule has 0 fully saturated rings. The number of aryl methyl sites for hydroxylation is 1. The Labute approximate surface area is 82.8 Å². The molecule has 0 amide bonds. The minimum Gasteiger partial charge on any atom is -0.491 e. The van der Waals surface area contributed by atoms with E-state index >= 15 is 0 Å². The zero-order valence-electron chi connectivity index (χ0n) is 7.51. The van der Waals surface area contributed by atoms with Gasteiger partial charge in [-0.05, 0) is 24.6 Å². The number of hydrazine groups is 1. The first-order chi connectivity index (χ1) is 6.24. The quantitative estimate of drug-likeness (QED) is 0.440. The Balaban J connectivity index is 2.59. The highest BCUT2D eigenvalue weighted by atomic mass is 35.5. The van der Waals surface area contributed by atoms with Crippen molar-refractivity contribution in [1.82, 2.24) is 5.43 Å². The van der Waals surface area contributed by atoms with Crippen LogP contribution in [0.15, 0.2) is 18.2 Å². The third-order valence-corrected chi connectivity index (χ3v) is 1.90. The molecule has 1 aromatic rings. The lowest BCUT2D eigenvalue weighted by atomic mass is 10.2. The van der Waals surface area contributed by atoms with E-state index in [4.69, 9.17) is 22.2 Å². The lowest BCUT2D eigenvalue weighted by molar-refractivity contribution is 0.315. The molecular weight excluding hydrogens is 188 g/mol. The normalized spacial score (nSPS) is 10.1. The first-order valence-electron chi connectivity index (χ1n) is 4.06. The van der Waals surface area contributed by atoms with Crippen LogP contribution < -0.4 is 16.0 Å². The molecule has 13 heavy (non-hydrogen) atoms. The molecule has 3 nitrogen and oxygen atoms in total. The molecule has 0 aliphatic carbocycles. The average Bonchev–Trinajstić information content (AvgIpc) is 2.11. The number of benzene rings is 1. The van der Waals surface area contributed by atoms with E-state index in [1.165, 1.54) is 0 Å². The predicted molar refractivity (Wildman–Crippen MR) is 53.9 cm³/mol. The summed E-state index contributed by atoms with van der Waals surface area (Å²) in [6, 6.07) is 5.66. The van der Waals surface area contributed by atoms with Crippen LogP contribution in [0.2, 0.25) is 5.02 Å². The minimum absolute atomic E-state index is 0.514. The molecule has 0 heterocycles.